The molecule has 6 heteroatoms. The summed E-state index contributed by atoms with van der Waals surface area (Å²) < 4.78 is 5.36. The average Bonchev–Trinajstić information content (AvgIpc) is 3.36. The van der Waals surface area contributed by atoms with Crippen LogP contribution in [0.3, 0.4) is 0 Å². The van der Waals surface area contributed by atoms with Gasteiger partial charge >= 0.3 is 0 Å². The smallest absolute Gasteiger partial charge is 0.198 e. The monoisotopic (exact) mass is 492 g/mol. The number of anilines is 2. The van der Waals surface area contributed by atoms with Crippen molar-refractivity contribution in [1.82, 2.24) is 5.32 Å². The molecule has 0 bridgehead atoms. The van der Waals surface area contributed by atoms with E-state index >= 15 is 0 Å². The van der Waals surface area contributed by atoms with E-state index in [0.717, 1.165) is 44.3 Å². The van der Waals surface area contributed by atoms with E-state index in [4.69, 9.17) is 4.74 Å². The summed E-state index contributed by atoms with van der Waals surface area (Å²) in [6, 6.07) is 17.0. The van der Waals surface area contributed by atoms with Gasteiger partial charge in [0, 0.05) is 50.7 Å². The zero-order valence-corrected chi connectivity index (χ0v) is 18.9. The lowest BCUT2D eigenvalue weighted by atomic mass is 10.1. The van der Waals surface area contributed by atoms with Crippen LogP contribution in [0.2, 0.25) is 0 Å². The van der Waals surface area contributed by atoms with Gasteiger partial charge < -0.3 is 19.9 Å². The lowest BCUT2D eigenvalue weighted by molar-refractivity contribution is 0.415. The Morgan fingerprint density at radius 2 is 2.04 bits per heavy atom. The van der Waals surface area contributed by atoms with Crippen molar-refractivity contribution in [3.05, 3.63) is 54.1 Å². The van der Waals surface area contributed by atoms with Gasteiger partial charge in [-0.25, -0.2) is 0 Å². The third-order valence-electron chi connectivity index (χ3n) is 5.61. The summed E-state index contributed by atoms with van der Waals surface area (Å²) in [5, 5.41) is 3.61. The number of halogens is 1. The predicted molar refractivity (Wildman–Crippen MR) is 128 cm³/mol. The van der Waals surface area contributed by atoms with Gasteiger partial charge in [0.2, 0.25) is 0 Å². The minimum atomic E-state index is 0. The summed E-state index contributed by atoms with van der Waals surface area (Å²) in [5.41, 5.74) is 3.94. The molecule has 1 atom stereocenters. The largest absolute Gasteiger partial charge is 0.497 e. The lowest BCUT2D eigenvalue weighted by Crippen LogP contribution is -2.42. The summed E-state index contributed by atoms with van der Waals surface area (Å²) >= 11 is 0. The van der Waals surface area contributed by atoms with Gasteiger partial charge in [-0.15, -0.1) is 24.0 Å². The van der Waals surface area contributed by atoms with E-state index in [1.807, 2.05) is 13.1 Å². The number of benzene rings is 2. The second-order valence-corrected chi connectivity index (χ2v) is 7.26. The first-order valence-electron chi connectivity index (χ1n) is 9.73. The number of nitrogens with one attached hydrogen (secondary N) is 1. The minimum Gasteiger partial charge on any atom is -0.497 e. The minimum absolute atomic E-state index is 0. The number of ether oxygens (including phenoxy) is 1. The van der Waals surface area contributed by atoms with Crippen molar-refractivity contribution in [3.8, 4) is 5.75 Å². The Kier molecular flexibility index (Phi) is 7.04. The summed E-state index contributed by atoms with van der Waals surface area (Å²) in [5.74, 6) is 2.52. The fourth-order valence-electron chi connectivity index (χ4n) is 4.13. The molecule has 150 valence electrons. The highest BCUT2D eigenvalue weighted by atomic mass is 127. The highest BCUT2D eigenvalue weighted by Gasteiger charge is 2.26. The number of nitrogens with zero attached hydrogens (tertiary/aromatic N) is 3. The topological polar surface area (TPSA) is 40.1 Å². The Morgan fingerprint density at radius 3 is 2.86 bits per heavy atom. The van der Waals surface area contributed by atoms with Gasteiger partial charge in [-0.3, -0.25) is 4.99 Å². The van der Waals surface area contributed by atoms with E-state index in [2.05, 4.69) is 62.6 Å². The number of hydrogen-bond acceptors (Lipinski definition) is 3. The fourth-order valence-corrected chi connectivity index (χ4v) is 4.13. The summed E-state index contributed by atoms with van der Waals surface area (Å²) in [4.78, 5) is 9.29. The third-order valence-corrected chi connectivity index (χ3v) is 5.61. The first-order chi connectivity index (χ1) is 13.3. The molecular weight excluding hydrogens is 463 g/mol. The molecule has 0 radical (unpaired) electrons. The maximum atomic E-state index is 5.36. The molecule has 1 N–H and O–H groups in total. The van der Waals surface area contributed by atoms with Crippen molar-refractivity contribution in [3.63, 3.8) is 0 Å². The van der Waals surface area contributed by atoms with E-state index in [9.17, 15) is 0 Å². The molecule has 2 aliphatic rings. The summed E-state index contributed by atoms with van der Waals surface area (Å²) in [6.07, 6.45) is 2.28. The Bertz CT molecular complexity index is 826. The van der Waals surface area contributed by atoms with Crippen LogP contribution in [-0.4, -0.2) is 46.3 Å². The zero-order chi connectivity index (χ0) is 18.6. The SMILES string of the molecule is CN=C(NCC1CCN(c2cccc(OC)c2)C1)N1CCc2ccccc21.I. The van der Waals surface area contributed by atoms with Gasteiger partial charge in [-0.05, 0) is 42.5 Å². The molecule has 0 aromatic heterocycles. The van der Waals surface area contributed by atoms with Crippen LogP contribution in [0, 0.1) is 5.92 Å². The van der Waals surface area contributed by atoms with Crippen LogP contribution in [0.1, 0.15) is 12.0 Å². The number of fused-ring (bicyclic) bond motifs is 1. The lowest BCUT2D eigenvalue weighted by Gasteiger charge is -2.24. The summed E-state index contributed by atoms with van der Waals surface area (Å²) in [6.45, 7) is 4.10. The van der Waals surface area contributed by atoms with Gasteiger partial charge in [0.25, 0.3) is 0 Å². The van der Waals surface area contributed by atoms with Crippen molar-refractivity contribution in [2.24, 2.45) is 10.9 Å². The number of hydrogen-bond donors (Lipinski definition) is 1. The Hall–Kier alpha value is -1.96. The second-order valence-electron chi connectivity index (χ2n) is 7.26. The van der Waals surface area contributed by atoms with Crippen LogP contribution in [0.4, 0.5) is 11.4 Å². The molecule has 1 unspecified atom stereocenters. The van der Waals surface area contributed by atoms with E-state index < -0.39 is 0 Å². The number of methoxy groups -OCH3 is 1. The zero-order valence-electron chi connectivity index (χ0n) is 16.6. The standard InChI is InChI=1S/C22H28N4O.HI/c1-23-22(26-13-11-18-6-3-4-9-21(18)26)24-15-17-10-12-25(16-17)19-7-5-8-20(14-19)27-2;/h3-9,14,17H,10-13,15-16H2,1-2H3,(H,23,24);1H. The fraction of sp³-hybridized carbons (Fsp3) is 0.409. The first kappa shape index (κ1) is 20.8. The van der Waals surface area contributed by atoms with Crippen molar-refractivity contribution in [1.29, 1.82) is 0 Å². The highest BCUT2D eigenvalue weighted by molar-refractivity contribution is 14.0. The predicted octanol–water partition coefficient (Wildman–Crippen LogP) is 3.78. The molecule has 0 aliphatic carbocycles. The van der Waals surface area contributed by atoms with Crippen LogP contribution in [0.25, 0.3) is 0 Å². The van der Waals surface area contributed by atoms with Crippen molar-refractivity contribution in [2.45, 2.75) is 12.8 Å². The maximum absolute atomic E-state index is 5.36. The van der Waals surface area contributed by atoms with Crippen molar-refractivity contribution in [2.75, 3.05) is 50.1 Å². The second kappa shape index (κ2) is 9.49. The van der Waals surface area contributed by atoms with E-state index in [1.165, 1.54) is 23.4 Å². The molecule has 1 fully saturated rings. The Balaban J connectivity index is 0.00000225. The van der Waals surface area contributed by atoms with Gasteiger partial charge in [0.05, 0.1) is 7.11 Å². The maximum Gasteiger partial charge on any atom is 0.198 e. The van der Waals surface area contributed by atoms with Crippen LogP contribution in [-0.2, 0) is 6.42 Å². The third kappa shape index (κ3) is 4.37. The van der Waals surface area contributed by atoms with Gasteiger partial charge in [0.15, 0.2) is 5.96 Å². The summed E-state index contributed by atoms with van der Waals surface area (Å²) in [7, 11) is 3.60. The molecule has 5 nitrogen and oxygen atoms in total. The first-order valence-corrected chi connectivity index (χ1v) is 9.73. The molecule has 2 aromatic rings. The van der Waals surface area contributed by atoms with Crippen molar-refractivity contribution < 1.29 is 4.74 Å². The quantitative estimate of drug-likeness (QED) is 0.401. The van der Waals surface area contributed by atoms with E-state index in [1.54, 1.807) is 7.11 Å². The van der Waals surface area contributed by atoms with Crippen LogP contribution in [0.5, 0.6) is 5.75 Å². The molecule has 1 saturated heterocycles. The van der Waals surface area contributed by atoms with Crippen LogP contribution < -0.4 is 19.9 Å². The number of para-hydroxylation sites is 1. The molecular formula is C22H29IN4O. The normalized spacial score (nSPS) is 18.6. The van der Waals surface area contributed by atoms with Gasteiger partial charge in [-0.2, -0.15) is 0 Å². The molecule has 0 spiro atoms. The number of rotatable bonds is 4. The van der Waals surface area contributed by atoms with E-state index in [0.29, 0.717) is 5.92 Å². The van der Waals surface area contributed by atoms with E-state index in [-0.39, 0.29) is 24.0 Å². The van der Waals surface area contributed by atoms with Gasteiger partial charge in [-0.1, -0.05) is 24.3 Å². The van der Waals surface area contributed by atoms with Crippen LogP contribution >= 0.6 is 24.0 Å². The number of aliphatic imine (C=N–C) groups is 1. The molecule has 0 amide bonds. The molecule has 2 aliphatic heterocycles. The number of guanidine groups is 1. The molecule has 28 heavy (non-hydrogen) atoms. The van der Waals surface area contributed by atoms with Crippen molar-refractivity contribution >= 4 is 41.3 Å². The molecule has 0 saturated carbocycles. The Morgan fingerprint density at radius 1 is 1.18 bits per heavy atom. The average molecular weight is 492 g/mol. The highest BCUT2D eigenvalue weighted by Crippen LogP contribution is 2.28. The van der Waals surface area contributed by atoms with Gasteiger partial charge in [0.1, 0.15) is 5.75 Å². The molecule has 2 heterocycles. The molecule has 4 rings (SSSR count). The Labute approximate surface area is 184 Å². The van der Waals surface area contributed by atoms with Crippen LogP contribution in [0.15, 0.2) is 53.5 Å². The molecule has 2 aromatic carbocycles.